The molecule has 0 amide bonds. The Bertz CT molecular complexity index is 364. The first-order valence-electron chi connectivity index (χ1n) is 4.61. The maximum atomic E-state index is 13.5. The molecule has 2 nitrogen and oxygen atoms in total. The zero-order valence-electron chi connectivity index (χ0n) is 8.59. The number of rotatable bonds is 4. The van der Waals surface area contributed by atoms with Crippen molar-refractivity contribution in [2.24, 2.45) is 0 Å². The van der Waals surface area contributed by atoms with Gasteiger partial charge >= 0.3 is 0 Å². The minimum atomic E-state index is -0.533. The zero-order chi connectivity index (χ0) is 11.4. The van der Waals surface area contributed by atoms with Crippen LogP contribution in [0.15, 0.2) is 22.7 Å². The predicted octanol–water partition coefficient (Wildman–Crippen LogP) is 3.20. The van der Waals surface area contributed by atoms with E-state index in [9.17, 15) is 9.18 Å². The molecular weight excluding hydrogens is 263 g/mol. The van der Waals surface area contributed by atoms with Crippen LogP contribution in [-0.4, -0.2) is 18.5 Å². The van der Waals surface area contributed by atoms with Gasteiger partial charge in [-0.3, -0.25) is 4.79 Å². The molecule has 1 rings (SSSR count). The van der Waals surface area contributed by atoms with Gasteiger partial charge in [0.25, 0.3) is 0 Å². The van der Waals surface area contributed by atoms with Crippen molar-refractivity contribution in [1.82, 2.24) is 0 Å². The number of hydrogen-bond acceptors (Lipinski definition) is 2. The van der Waals surface area contributed by atoms with E-state index in [-0.39, 0.29) is 28.5 Å². The summed E-state index contributed by atoms with van der Waals surface area (Å²) >= 11 is 3.03. The SMILES string of the molecule is CC(C)OCC(=O)c1cccc(Br)c1F. The number of ether oxygens (including phenoxy) is 1. The lowest BCUT2D eigenvalue weighted by Crippen LogP contribution is -2.14. The zero-order valence-corrected chi connectivity index (χ0v) is 10.2. The van der Waals surface area contributed by atoms with E-state index in [2.05, 4.69) is 15.9 Å². The smallest absolute Gasteiger partial charge is 0.191 e. The summed E-state index contributed by atoms with van der Waals surface area (Å²) in [5.41, 5.74) is 0.0602. The Kier molecular flexibility index (Phi) is 4.42. The van der Waals surface area contributed by atoms with Gasteiger partial charge in [-0.15, -0.1) is 0 Å². The molecule has 0 aromatic heterocycles. The highest BCUT2D eigenvalue weighted by Crippen LogP contribution is 2.19. The van der Waals surface area contributed by atoms with Crippen molar-refractivity contribution in [2.45, 2.75) is 20.0 Å². The van der Waals surface area contributed by atoms with Crippen molar-refractivity contribution >= 4 is 21.7 Å². The van der Waals surface area contributed by atoms with Gasteiger partial charge in [0.2, 0.25) is 0 Å². The second-order valence-electron chi connectivity index (χ2n) is 3.38. The molecule has 0 saturated heterocycles. The molecule has 4 heteroatoms. The molecule has 0 spiro atoms. The summed E-state index contributed by atoms with van der Waals surface area (Å²) in [5, 5.41) is 0. The molecule has 15 heavy (non-hydrogen) atoms. The van der Waals surface area contributed by atoms with Crippen LogP contribution in [0.4, 0.5) is 4.39 Å². The Morgan fingerprint density at radius 3 is 2.80 bits per heavy atom. The van der Waals surface area contributed by atoms with Crippen LogP contribution in [0.1, 0.15) is 24.2 Å². The van der Waals surface area contributed by atoms with Crippen LogP contribution >= 0.6 is 15.9 Å². The summed E-state index contributed by atoms with van der Waals surface area (Å²) in [7, 11) is 0. The van der Waals surface area contributed by atoms with Crippen molar-refractivity contribution in [1.29, 1.82) is 0 Å². The molecule has 82 valence electrons. The van der Waals surface area contributed by atoms with Gasteiger partial charge in [0.15, 0.2) is 5.78 Å². The third kappa shape index (κ3) is 3.39. The van der Waals surface area contributed by atoms with E-state index in [1.54, 1.807) is 12.1 Å². The molecule has 0 atom stereocenters. The van der Waals surface area contributed by atoms with E-state index >= 15 is 0 Å². The molecule has 0 radical (unpaired) electrons. The van der Waals surface area contributed by atoms with Gasteiger partial charge in [-0.25, -0.2) is 4.39 Å². The van der Waals surface area contributed by atoms with Crippen molar-refractivity contribution in [3.63, 3.8) is 0 Å². The van der Waals surface area contributed by atoms with Crippen LogP contribution in [0, 0.1) is 5.82 Å². The standard InChI is InChI=1S/C11H12BrFO2/c1-7(2)15-6-10(14)8-4-3-5-9(12)11(8)13/h3-5,7H,6H2,1-2H3. The first-order chi connectivity index (χ1) is 7.02. The average Bonchev–Trinajstić information content (AvgIpc) is 2.18. The van der Waals surface area contributed by atoms with Gasteiger partial charge in [-0.2, -0.15) is 0 Å². The van der Waals surface area contributed by atoms with Gasteiger partial charge < -0.3 is 4.74 Å². The van der Waals surface area contributed by atoms with E-state index in [1.807, 2.05) is 13.8 Å². The van der Waals surface area contributed by atoms with Crippen molar-refractivity contribution in [3.8, 4) is 0 Å². The number of Topliss-reactive ketones (excluding diaryl/α,β-unsaturated/α-hetero) is 1. The summed E-state index contributed by atoms with van der Waals surface area (Å²) in [5.74, 6) is -0.877. The van der Waals surface area contributed by atoms with E-state index < -0.39 is 5.82 Å². The van der Waals surface area contributed by atoms with Gasteiger partial charge in [-0.05, 0) is 41.9 Å². The normalized spacial score (nSPS) is 10.7. The van der Waals surface area contributed by atoms with Crippen molar-refractivity contribution < 1.29 is 13.9 Å². The highest BCUT2D eigenvalue weighted by atomic mass is 79.9. The number of carbonyl (C=O) groups excluding carboxylic acids is 1. The van der Waals surface area contributed by atoms with Crippen LogP contribution in [0.5, 0.6) is 0 Å². The number of ketones is 1. The molecule has 0 bridgehead atoms. The fraction of sp³-hybridized carbons (Fsp3) is 0.364. The first-order valence-corrected chi connectivity index (χ1v) is 5.40. The summed E-state index contributed by atoms with van der Waals surface area (Å²) < 4.78 is 18.9. The molecule has 0 heterocycles. The van der Waals surface area contributed by atoms with E-state index in [1.165, 1.54) is 6.07 Å². The Morgan fingerprint density at radius 2 is 2.20 bits per heavy atom. The summed E-state index contributed by atoms with van der Waals surface area (Å²) in [4.78, 5) is 11.5. The fourth-order valence-corrected chi connectivity index (χ4v) is 1.41. The minimum Gasteiger partial charge on any atom is -0.371 e. The maximum absolute atomic E-state index is 13.5. The van der Waals surface area contributed by atoms with E-state index in [0.29, 0.717) is 0 Å². The first kappa shape index (κ1) is 12.3. The van der Waals surface area contributed by atoms with Gasteiger partial charge in [-0.1, -0.05) is 6.07 Å². The van der Waals surface area contributed by atoms with E-state index in [0.717, 1.165) is 0 Å². The Hall–Kier alpha value is -0.740. The van der Waals surface area contributed by atoms with Crippen LogP contribution in [-0.2, 0) is 4.74 Å². The second-order valence-corrected chi connectivity index (χ2v) is 4.24. The molecule has 0 aliphatic carbocycles. The van der Waals surface area contributed by atoms with E-state index in [4.69, 9.17) is 4.74 Å². The molecule has 0 aliphatic heterocycles. The third-order valence-electron chi connectivity index (χ3n) is 1.80. The number of benzene rings is 1. The van der Waals surface area contributed by atoms with Crippen LogP contribution in [0.25, 0.3) is 0 Å². The lowest BCUT2D eigenvalue weighted by atomic mass is 10.1. The molecular formula is C11H12BrFO2. The fourth-order valence-electron chi connectivity index (χ4n) is 1.04. The summed E-state index contributed by atoms with van der Waals surface area (Å²) in [6, 6.07) is 4.62. The monoisotopic (exact) mass is 274 g/mol. The molecule has 0 fully saturated rings. The Balaban J connectivity index is 2.78. The summed E-state index contributed by atoms with van der Waals surface area (Å²) in [6.45, 7) is 3.56. The van der Waals surface area contributed by atoms with Crippen LogP contribution in [0.3, 0.4) is 0 Å². The van der Waals surface area contributed by atoms with Crippen LogP contribution in [0.2, 0.25) is 0 Å². The quantitative estimate of drug-likeness (QED) is 0.789. The second kappa shape index (κ2) is 5.37. The Morgan fingerprint density at radius 1 is 1.53 bits per heavy atom. The Labute approximate surface area is 96.6 Å². The van der Waals surface area contributed by atoms with Crippen molar-refractivity contribution in [3.05, 3.63) is 34.1 Å². The number of halogens is 2. The number of carbonyl (C=O) groups is 1. The predicted molar refractivity (Wildman–Crippen MR) is 59.5 cm³/mol. The average molecular weight is 275 g/mol. The maximum Gasteiger partial charge on any atom is 0.191 e. The molecule has 0 saturated carbocycles. The largest absolute Gasteiger partial charge is 0.371 e. The van der Waals surface area contributed by atoms with Gasteiger partial charge in [0, 0.05) is 0 Å². The van der Waals surface area contributed by atoms with Crippen LogP contribution < -0.4 is 0 Å². The summed E-state index contributed by atoms with van der Waals surface area (Å²) in [6.07, 6.45) is -0.0378. The van der Waals surface area contributed by atoms with Gasteiger partial charge in [0.1, 0.15) is 12.4 Å². The third-order valence-corrected chi connectivity index (χ3v) is 2.41. The topological polar surface area (TPSA) is 26.3 Å². The van der Waals surface area contributed by atoms with Crippen molar-refractivity contribution in [2.75, 3.05) is 6.61 Å². The highest BCUT2D eigenvalue weighted by molar-refractivity contribution is 9.10. The lowest BCUT2D eigenvalue weighted by molar-refractivity contribution is 0.0581. The molecule has 0 aliphatic rings. The molecule has 1 aromatic rings. The molecule has 1 aromatic carbocycles. The molecule has 0 unspecified atom stereocenters. The minimum absolute atomic E-state index is 0.0378. The number of hydrogen-bond donors (Lipinski definition) is 0. The lowest BCUT2D eigenvalue weighted by Gasteiger charge is -2.07. The molecule has 0 N–H and O–H groups in total. The highest BCUT2D eigenvalue weighted by Gasteiger charge is 2.14. The van der Waals surface area contributed by atoms with Gasteiger partial charge in [0.05, 0.1) is 16.1 Å².